The van der Waals surface area contributed by atoms with Crippen molar-refractivity contribution in [3.05, 3.63) is 87.7 Å². The molecule has 7 heteroatoms. The fourth-order valence-corrected chi connectivity index (χ4v) is 5.62. The lowest BCUT2D eigenvalue weighted by Crippen LogP contribution is -2.37. The average Bonchev–Trinajstić information content (AvgIpc) is 3.69. The summed E-state index contributed by atoms with van der Waals surface area (Å²) in [6.45, 7) is 2.87. The Morgan fingerprint density at radius 1 is 1.08 bits per heavy atom. The fraction of sp³-hybridized carbons (Fsp3) is 0.333. The lowest BCUT2D eigenvalue weighted by atomic mass is 9.89. The summed E-state index contributed by atoms with van der Waals surface area (Å²) in [4.78, 5) is 27.4. The molecule has 5 rings (SSSR count). The van der Waals surface area contributed by atoms with E-state index in [2.05, 4.69) is 0 Å². The number of rotatable bonds is 7. The molecule has 1 amide bonds. The lowest BCUT2D eigenvalue weighted by Gasteiger charge is -2.31. The van der Waals surface area contributed by atoms with Crippen molar-refractivity contribution in [1.82, 2.24) is 4.90 Å². The van der Waals surface area contributed by atoms with Gasteiger partial charge in [-0.15, -0.1) is 0 Å². The summed E-state index contributed by atoms with van der Waals surface area (Å²) < 4.78 is 25.6. The van der Waals surface area contributed by atoms with E-state index in [4.69, 9.17) is 21.1 Å². The zero-order valence-electron chi connectivity index (χ0n) is 20.9. The Hall–Kier alpha value is -3.38. The quantitative estimate of drug-likeness (QED) is 0.361. The van der Waals surface area contributed by atoms with Crippen molar-refractivity contribution >= 4 is 23.5 Å². The Kier molecular flexibility index (Phi) is 7.20. The molecule has 37 heavy (non-hydrogen) atoms. The van der Waals surface area contributed by atoms with Gasteiger partial charge < -0.3 is 14.4 Å². The summed E-state index contributed by atoms with van der Waals surface area (Å²) in [5.41, 5.74) is 4.75. The van der Waals surface area contributed by atoms with Gasteiger partial charge in [-0.3, -0.25) is 9.59 Å². The van der Waals surface area contributed by atoms with Gasteiger partial charge in [0.1, 0.15) is 11.6 Å². The van der Waals surface area contributed by atoms with Gasteiger partial charge in [0.15, 0.2) is 0 Å². The van der Waals surface area contributed by atoms with Crippen molar-refractivity contribution in [1.29, 1.82) is 0 Å². The van der Waals surface area contributed by atoms with Gasteiger partial charge in [0, 0.05) is 29.6 Å². The Bertz CT molecular complexity index is 1360. The first kappa shape index (κ1) is 25.3. The van der Waals surface area contributed by atoms with Crippen molar-refractivity contribution in [2.45, 2.75) is 38.6 Å². The number of fused-ring (bicyclic) bond motifs is 1. The predicted molar refractivity (Wildman–Crippen MR) is 140 cm³/mol. The van der Waals surface area contributed by atoms with Crippen LogP contribution in [-0.4, -0.2) is 37.0 Å². The maximum absolute atomic E-state index is 14.9. The maximum Gasteiger partial charge on any atom is 0.310 e. The Morgan fingerprint density at radius 2 is 1.89 bits per heavy atom. The van der Waals surface area contributed by atoms with Crippen LogP contribution in [0.4, 0.5) is 4.39 Å². The number of methoxy groups -OCH3 is 1. The fourth-order valence-electron chi connectivity index (χ4n) is 5.35. The minimum atomic E-state index is -0.311. The van der Waals surface area contributed by atoms with Crippen LogP contribution < -0.4 is 4.74 Å². The van der Waals surface area contributed by atoms with Gasteiger partial charge in [-0.25, -0.2) is 4.39 Å². The Morgan fingerprint density at radius 3 is 2.65 bits per heavy atom. The van der Waals surface area contributed by atoms with Crippen LogP contribution in [0.15, 0.2) is 54.6 Å². The number of halogens is 2. The number of ether oxygens (including phenoxy) is 2. The number of benzene rings is 3. The van der Waals surface area contributed by atoms with Crippen LogP contribution in [0.5, 0.6) is 5.75 Å². The topological polar surface area (TPSA) is 55.8 Å². The first-order chi connectivity index (χ1) is 17.9. The summed E-state index contributed by atoms with van der Waals surface area (Å²) in [5.74, 6) is 0.122. The largest absolute Gasteiger partial charge is 0.496 e. The van der Waals surface area contributed by atoms with E-state index in [1.807, 2.05) is 47.4 Å². The number of hydrogen-bond donors (Lipinski definition) is 0. The smallest absolute Gasteiger partial charge is 0.310 e. The van der Waals surface area contributed by atoms with Crippen LogP contribution in [-0.2, 0) is 33.7 Å². The number of amides is 1. The highest BCUT2D eigenvalue weighted by Gasteiger charge is 2.47. The summed E-state index contributed by atoms with van der Waals surface area (Å²) in [6.07, 6.45) is 1.34. The van der Waals surface area contributed by atoms with Gasteiger partial charge in [-0.1, -0.05) is 41.9 Å². The molecule has 1 aliphatic heterocycles. The molecule has 5 nitrogen and oxygen atoms in total. The molecular weight excluding hydrogens is 493 g/mol. The minimum absolute atomic E-state index is 0.0776. The van der Waals surface area contributed by atoms with Crippen LogP contribution in [0.25, 0.3) is 11.1 Å². The van der Waals surface area contributed by atoms with Gasteiger partial charge in [0.2, 0.25) is 5.91 Å². The molecule has 0 radical (unpaired) electrons. The normalized spacial score (nSPS) is 18.2. The molecule has 0 aromatic heterocycles. The Balaban J connectivity index is 1.44. The van der Waals surface area contributed by atoms with E-state index in [-0.39, 0.29) is 36.0 Å². The third kappa shape index (κ3) is 5.08. The standard InChI is InChI=1S/C30H29ClFNO4/c1-3-37-29(34)15-18-8-11-28(36-2)23(14-18)19-9-10-27(32)21-12-13-33(17-25(19)21)30(35)24-16-22(24)20-6-4-5-7-26(20)31/h4-11,14,22,24H,3,12-13,15-17H2,1-2H3. The third-order valence-electron chi connectivity index (χ3n) is 7.29. The minimum Gasteiger partial charge on any atom is -0.496 e. The van der Waals surface area contributed by atoms with Gasteiger partial charge >= 0.3 is 5.97 Å². The second kappa shape index (κ2) is 10.5. The molecular formula is C30H29ClFNO4. The van der Waals surface area contributed by atoms with E-state index in [9.17, 15) is 14.0 Å². The molecule has 1 aliphatic carbocycles. The van der Waals surface area contributed by atoms with Crippen LogP contribution in [0.2, 0.25) is 5.02 Å². The van der Waals surface area contributed by atoms with Crippen LogP contribution in [0.1, 0.15) is 41.5 Å². The van der Waals surface area contributed by atoms with Crippen molar-refractivity contribution in [3.8, 4) is 16.9 Å². The number of carbonyl (C=O) groups excluding carboxylic acids is 2. The first-order valence-electron chi connectivity index (χ1n) is 12.6. The molecule has 2 aliphatic rings. The number of carbonyl (C=O) groups is 2. The molecule has 0 saturated heterocycles. The summed E-state index contributed by atoms with van der Waals surface area (Å²) in [5, 5.41) is 0.686. The van der Waals surface area contributed by atoms with E-state index in [1.54, 1.807) is 20.1 Å². The maximum atomic E-state index is 14.9. The molecule has 1 saturated carbocycles. The van der Waals surface area contributed by atoms with E-state index < -0.39 is 0 Å². The number of esters is 1. The highest BCUT2D eigenvalue weighted by molar-refractivity contribution is 6.31. The first-order valence-corrected chi connectivity index (χ1v) is 12.9. The van der Waals surface area contributed by atoms with Crippen LogP contribution >= 0.6 is 11.6 Å². The summed E-state index contributed by atoms with van der Waals surface area (Å²) in [6, 6.07) is 16.4. The molecule has 3 aromatic rings. The second-order valence-electron chi connectivity index (χ2n) is 9.55. The monoisotopic (exact) mass is 521 g/mol. The van der Waals surface area contributed by atoms with Gasteiger partial charge in [0.25, 0.3) is 0 Å². The molecule has 1 heterocycles. The second-order valence-corrected chi connectivity index (χ2v) is 9.96. The van der Waals surface area contributed by atoms with Crippen molar-refractivity contribution in [2.24, 2.45) is 5.92 Å². The molecule has 3 aromatic carbocycles. The lowest BCUT2D eigenvalue weighted by molar-refractivity contribution is -0.142. The van der Waals surface area contributed by atoms with E-state index in [0.29, 0.717) is 42.5 Å². The molecule has 0 N–H and O–H groups in total. The zero-order chi connectivity index (χ0) is 26.1. The van der Waals surface area contributed by atoms with Gasteiger partial charge in [-0.2, -0.15) is 0 Å². The highest BCUT2D eigenvalue weighted by Crippen LogP contribution is 2.51. The molecule has 2 atom stereocenters. The average molecular weight is 522 g/mol. The van der Waals surface area contributed by atoms with E-state index >= 15 is 0 Å². The molecule has 0 bridgehead atoms. The van der Waals surface area contributed by atoms with Gasteiger partial charge in [0.05, 0.1) is 20.1 Å². The molecule has 2 unspecified atom stereocenters. The van der Waals surface area contributed by atoms with E-state index in [1.165, 1.54) is 6.07 Å². The molecule has 192 valence electrons. The molecule has 0 spiro atoms. The van der Waals surface area contributed by atoms with Crippen molar-refractivity contribution < 1.29 is 23.5 Å². The van der Waals surface area contributed by atoms with Crippen molar-refractivity contribution in [3.63, 3.8) is 0 Å². The predicted octanol–water partition coefficient (Wildman–Crippen LogP) is 5.95. The van der Waals surface area contributed by atoms with Crippen LogP contribution in [0.3, 0.4) is 0 Å². The zero-order valence-corrected chi connectivity index (χ0v) is 21.7. The molecule has 1 fully saturated rings. The number of nitrogens with zero attached hydrogens (tertiary/aromatic N) is 1. The number of hydrogen-bond acceptors (Lipinski definition) is 4. The highest BCUT2D eigenvalue weighted by atomic mass is 35.5. The van der Waals surface area contributed by atoms with Crippen molar-refractivity contribution in [2.75, 3.05) is 20.3 Å². The van der Waals surface area contributed by atoms with E-state index in [0.717, 1.165) is 34.2 Å². The van der Waals surface area contributed by atoms with Crippen LogP contribution in [0, 0.1) is 11.7 Å². The third-order valence-corrected chi connectivity index (χ3v) is 7.63. The summed E-state index contributed by atoms with van der Waals surface area (Å²) in [7, 11) is 1.58. The SMILES string of the molecule is CCOC(=O)Cc1ccc(OC)c(-c2ccc(F)c3c2CN(C(=O)C2CC2c2ccccc2Cl)CC3)c1. The van der Waals surface area contributed by atoms with Gasteiger partial charge in [-0.05, 0) is 77.8 Å². The Labute approximate surface area is 221 Å². The summed E-state index contributed by atoms with van der Waals surface area (Å²) >= 11 is 6.37.